The maximum atomic E-state index is 11.6. The van der Waals surface area contributed by atoms with Crippen molar-refractivity contribution in [1.82, 2.24) is 0 Å². The first kappa shape index (κ1) is 14.0. The van der Waals surface area contributed by atoms with Crippen molar-refractivity contribution in [2.24, 2.45) is 0 Å². The van der Waals surface area contributed by atoms with E-state index in [1.165, 1.54) is 23.8 Å². The van der Waals surface area contributed by atoms with Crippen LogP contribution in [0.15, 0.2) is 22.6 Å². The molecule has 1 aliphatic rings. The minimum absolute atomic E-state index is 0.351. The predicted molar refractivity (Wildman–Crippen MR) is 79.6 cm³/mol. The fourth-order valence-corrected chi connectivity index (χ4v) is 2.83. The van der Waals surface area contributed by atoms with Crippen molar-refractivity contribution in [3.05, 3.63) is 29.5 Å². The summed E-state index contributed by atoms with van der Waals surface area (Å²) >= 11 is 0. The van der Waals surface area contributed by atoms with Gasteiger partial charge in [0, 0.05) is 23.4 Å². The number of furan rings is 1. The van der Waals surface area contributed by atoms with E-state index in [2.05, 4.69) is 0 Å². The van der Waals surface area contributed by atoms with E-state index in [1.807, 2.05) is 18.2 Å². The molecule has 2 aromatic rings. The Labute approximate surface area is 124 Å². The van der Waals surface area contributed by atoms with Gasteiger partial charge in [0.05, 0.1) is 6.61 Å². The molecule has 0 fully saturated rings. The van der Waals surface area contributed by atoms with Gasteiger partial charge in [0.1, 0.15) is 17.1 Å². The Hall–Kier alpha value is -1.97. The van der Waals surface area contributed by atoms with Gasteiger partial charge in [-0.05, 0) is 45.2 Å². The topological polar surface area (TPSA) is 48.7 Å². The Morgan fingerprint density at radius 3 is 2.95 bits per heavy atom. The van der Waals surface area contributed by atoms with Gasteiger partial charge in [-0.15, -0.1) is 0 Å². The van der Waals surface area contributed by atoms with E-state index in [0.717, 1.165) is 24.2 Å². The fraction of sp³-hybridized carbons (Fsp3) is 0.471. The molecule has 0 bridgehead atoms. The summed E-state index contributed by atoms with van der Waals surface area (Å²) in [6.45, 7) is 3.83. The summed E-state index contributed by atoms with van der Waals surface area (Å²) in [4.78, 5) is 11.6. The number of carbonyl (C=O) groups excluding carboxylic acids is 1. The highest BCUT2D eigenvalue weighted by Crippen LogP contribution is 2.33. The second kappa shape index (κ2) is 5.80. The number of aryl methyl sites for hydroxylation is 2. The number of fused-ring (bicyclic) bond motifs is 3. The zero-order valence-electron chi connectivity index (χ0n) is 12.5. The Morgan fingerprint density at radius 2 is 2.14 bits per heavy atom. The van der Waals surface area contributed by atoms with Crippen molar-refractivity contribution in [1.29, 1.82) is 0 Å². The van der Waals surface area contributed by atoms with Gasteiger partial charge in [0.25, 0.3) is 0 Å². The summed E-state index contributed by atoms with van der Waals surface area (Å²) in [7, 11) is 0. The lowest BCUT2D eigenvalue weighted by molar-refractivity contribution is -0.150. The van der Waals surface area contributed by atoms with Gasteiger partial charge in [-0.25, -0.2) is 4.79 Å². The van der Waals surface area contributed by atoms with Crippen LogP contribution in [-0.2, 0) is 22.4 Å². The average Bonchev–Trinajstić information content (AvgIpc) is 2.85. The van der Waals surface area contributed by atoms with Crippen molar-refractivity contribution in [2.45, 2.75) is 45.6 Å². The van der Waals surface area contributed by atoms with Crippen LogP contribution in [0, 0.1) is 0 Å². The lowest BCUT2D eigenvalue weighted by Crippen LogP contribution is -2.25. The standard InChI is InChI=1S/C17H20O4/c1-3-19-17(18)11(2)20-12-8-9-14-13-6-4-5-7-15(13)21-16(14)10-12/h8-11H,3-7H2,1-2H3. The first-order valence-electron chi connectivity index (χ1n) is 7.56. The monoisotopic (exact) mass is 288 g/mol. The second-order valence-corrected chi connectivity index (χ2v) is 5.38. The Morgan fingerprint density at radius 1 is 1.33 bits per heavy atom. The van der Waals surface area contributed by atoms with Crippen LogP contribution in [0.1, 0.15) is 38.0 Å². The van der Waals surface area contributed by atoms with Gasteiger partial charge >= 0.3 is 5.97 Å². The van der Waals surface area contributed by atoms with Crippen molar-refractivity contribution in [3.8, 4) is 5.75 Å². The van der Waals surface area contributed by atoms with Crippen molar-refractivity contribution >= 4 is 16.9 Å². The normalized spacial score (nSPS) is 15.5. The molecule has 0 saturated heterocycles. The summed E-state index contributed by atoms with van der Waals surface area (Å²) in [5.74, 6) is 1.39. The molecule has 0 saturated carbocycles. The second-order valence-electron chi connectivity index (χ2n) is 5.38. The molecule has 21 heavy (non-hydrogen) atoms. The predicted octanol–water partition coefficient (Wildman–Crippen LogP) is 3.64. The van der Waals surface area contributed by atoms with Crippen LogP contribution >= 0.6 is 0 Å². The first-order valence-corrected chi connectivity index (χ1v) is 7.56. The number of ether oxygens (including phenoxy) is 2. The minimum atomic E-state index is -0.619. The Kier molecular flexibility index (Phi) is 3.86. The molecule has 0 aliphatic heterocycles. The molecule has 1 aliphatic carbocycles. The lowest BCUT2D eigenvalue weighted by Gasteiger charge is -2.13. The third-order valence-electron chi connectivity index (χ3n) is 3.86. The molecule has 4 heteroatoms. The number of benzene rings is 1. The van der Waals surface area contributed by atoms with E-state index >= 15 is 0 Å². The van der Waals surface area contributed by atoms with E-state index in [0.29, 0.717) is 12.4 Å². The van der Waals surface area contributed by atoms with Gasteiger partial charge in [-0.3, -0.25) is 0 Å². The summed E-state index contributed by atoms with van der Waals surface area (Å²) in [6, 6.07) is 5.78. The highest BCUT2D eigenvalue weighted by Gasteiger charge is 2.19. The van der Waals surface area contributed by atoms with Crippen LogP contribution in [0.25, 0.3) is 11.0 Å². The van der Waals surface area contributed by atoms with E-state index in [4.69, 9.17) is 13.9 Å². The van der Waals surface area contributed by atoms with Crippen molar-refractivity contribution in [3.63, 3.8) is 0 Å². The number of carbonyl (C=O) groups is 1. The summed E-state index contributed by atoms with van der Waals surface area (Å²) in [6.07, 6.45) is 3.89. The molecule has 1 aromatic heterocycles. The largest absolute Gasteiger partial charge is 0.479 e. The number of hydrogen-bond donors (Lipinski definition) is 0. The maximum Gasteiger partial charge on any atom is 0.347 e. The first-order chi connectivity index (χ1) is 10.2. The smallest absolute Gasteiger partial charge is 0.347 e. The van der Waals surface area contributed by atoms with Gasteiger partial charge in [-0.2, -0.15) is 0 Å². The van der Waals surface area contributed by atoms with E-state index in [1.54, 1.807) is 13.8 Å². The summed E-state index contributed by atoms with van der Waals surface area (Å²) < 4.78 is 16.5. The zero-order chi connectivity index (χ0) is 14.8. The van der Waals surface area contributed by atoms with Crippen LogP contribution in [-0.4, -0.2) is 18.7 Å². The zero-order valence-corrected chi connectivity index (χ0v) is 12.5. The van der Waals surface area contributed by atoms with Gasteiger partial charge in [0.2, 0.25) is 0 Å². The molecule has 0 amide bonds. The van der Waals surface area contributed by atoms with Crippen LogP contribution in [0.3, 0.4) is 0 Å². The number of esters is 1. The third-order valence-corrected chi connectivity index (χ3v) is 3.86. The molecule has 0 N–H and O–H groups in total. The molecular formula is C17H20O4. The molecule has 0 spiro atoms. The SMILES string of the molecule is CCOC(=O)C(C)Oc1ccc2c3c(oc2c1)CCCC3. The van der Waals surface area contributed by atoms with Crippen molar-refractivity contribution < 1.29 is 18.7 Å². The summed E-state index contributed by atoms with van der Waals surface area (Å²) in [5, 5.41) is 1.17. The molecule has 1 unspecified atom stereocenters. The van der Waals surface area contributed by atoms with Gasteiger partial charge in [-0.1, -0.05) is 0 Å². The average molecular weight is 288 g/mol. The minimum Gasteiger partial charge on any atom is -0.479 e. The van der Waals surface area contributed by atoms with Crippen molar-refractivity contribution in [2.75, 3.05) is 6.61 Å². The lowest BCUT2D eigenvalue weighted by atomic mass is 9.96. The highest BCUT2D eigenvalue weighted by atomic mass is 16.6. The molecule has 3 rings (SSSR count). The van der Waals surface area contributed by atoms with Crippen LogP contribution in [0.5, 0.6) is 5.75 Å². The van der Waals surface area contributed by atoms with Crippen LogP contribution < -0.4 is 4.74 Å². The molecule has 1 aromatic carbocycles. The molecule has 4 nitrogen and oxygen atoms in total. The Bertz CT molecular complexity index is 656. The molecule has 112 valence electrons. The van der Waals surface area contributed by atoms with Gasteiger partial charge < -0.3 is 13.9 Å². The molecule has 1 heterocycles. The molecular weight excluding hydrogens is 268 g/mol. The number of hydrogen-bond acceptors (Lipinski definition) is 4. The summed E-state index contributed by atoms with van der Waals surface area (Å²) in [5.41, 5.74) is 2.18. The third kappa shape index (κ3) is 2.75. The highest BCUT2D eigenvalue weighted by molar-refractivity contribution is 5.84. The molecule has 1 atom stereocenters. The van der Waals surface area contributed by atoms with Gasteiger partial charge in [0.15, 0.2) is 6.10 Å². The number of rotatable bonds is 4. The van der Waals surface area contributed by atoms with Crippen LogP contribution in [0.4, 0.5) is 0 Å². The maximum absolute atomic E-state index is 11.6. The fourth-order valence-electron chi connectivity index (χ4n) is 2.83. The molecule has 0 radical (unpaired) electrons. The van der Waals surface area contributed by atoms with Crippen LogP contribution in [0.2, 0.25) is 0 Å². The Balaban J connectivity index is 1.83. The van der Waals surface area contributed by atoms with E-state index in [-0.39, 0.29) is 5.97 Å². The van der Waals surface area contributed by atoms with E-state index in [9.17, 15) is 4.79 Å². The quantitative estimate of drug-likeness (QED) is 0.806. The van der Waals surface area contributed by atoms with E-state index < -0.39 is 6.10 Å².